The van der Waals surface area contributed by atoms with Crippen LogP contribution in [0.2, 0.25) is 0 Å². The summed E-state index contributed by atoms with van der Waals surface area (Å²) in [4.78, 5) is 70.9. The lowest BCUT2D eigenvalue weighted by Gasteiger charge is -2.07. The van der Waals surface area contributed by atoms with Gasteiger partial charge >= 0.3 is 23.9 Å². The molecule has 16 nitrogen and oxygen atoms in total. The first-order valence-corrected chi connectivity index (χ1v) is 26.9. The number of aryl methyl sites for hydroxylation is 2. The fraction of sp³-hybridized carbons (Fsp3) is 0.179. The van der Waals surface area contributed by atoms with Gasteiger partial charge in [-0.15, -0.1) is 24.0 Å². The zero-order valence-electron chi connectivity index (χ0n) is 34.0. The SMILES string of the molecule is C.COC(=O)C1=C(C(=O)OC)SC(=C2Sc3cn(S(=O)(=O)c4ccc(C)cc4)cc3S2)S1.COC(=O)c1sc(=O)sc1C(=O)OC.Cc1ccc(S(=O)(=O)n2cc3sc(=O)sc3c2)cc1.I. The topological polar surface area (TPSA) is 217 Å². The number of carbonyl (C=O) groups is 4. The summed E-state index contributed by atoms with van der Waals surface area (Å²) in [5, 5.41) is 0. The highest BCUT2D eigenvalue weighted by atomic mass is 127. The van der Waals surface area contributed by atoms with Gasteiger partial charge in [-0.2, -0.15) is 0 Å². The van der Waals surface area contributed by atoms with Crippen LogP contribution in [0.25, 0.3) is 9.40 Å². The van der Waals surface area contributed by atoms with Gasteiger partial charge in [-0.05, 0) is 38.1 Å². The van der Waals surface area contributed by atoms with E-state index < -0.39 is 43.9 Å². The van der Waals surface area contributed by atoms with E-state index in [1.54, 1.807) is 60.9 Å². The number of carbonyl (C=O) groups excluding carboxylic acids is 4. The van der Waals surface area contributed by atoms with Crippen LogP contribution in [-0.4, -0.2) is 77.1 Å². The molecule has 6 heterocycles. The van der Waals surface area contributed by atoms with E-state index in [9.17, 15) is 45.6 Å². The van der Waals surface area contributed by atoms with Gasteiger partial charge in [-0.1, -0.05) is 135 Å². The normalized spacial score (nSPS) is 13.0. The van der Waals surface area contributed by atoms with E-state index in [4.69, 9.17) is 9.47 Å². The molecular weight excluding hydrogens is 1170 g/mol. The van der Waals surface area contributed by atoms with Crippen molar-refractivity contribution >= 4 is 170 Å². The molecule has 2 aromatic carbocycles. The van der Waals surface area contributed by atoms with E-state index in [1.165, 1.54) is 72.3 Å². The minimum atomic E-state index is -3.68. The Bertz CT molecular complexity index is 3100. The molecule has 0 fully saturated rings. The van der Waals surface area contributed by atoms with E-state index in [0.717, 1.165) is 75.6 Å². The van der Waals surface area contributed by atoms with Crippen molar-refractivity contribution in [3.63, 3.8) is 0 Å². The van der Waals surface area contributed by atoms with Crippen LogP contribution in [0.15, 0.2) is 121 Å². The van der Waals surface area contributed by atoms with Crippen molar-refractivity contribution in [3.05, 3.63) is 130 Å². The number of aromatic nitrogens is 2. The van der Waals surface area contributed by atoms with Gasteiger partial charge in [0.05, 0.1) is 56.1 Å². The molecule has 0 unspecified atom stereocenters. The average Bonchev–Trinajstić information content (AvgIpc) is 4.13. The number of halogens is 1. The number of ether oxygens (including phenoxy) is 4. The Labute approximate surface area is 427 Å². The quantitative estimate of drug-likeness (QED) is 0.0788. The second-order valence-electron chi connectivity index (χ2n) is 12.4. The lowest BCUT2D eigenvalue weighted by molar-refractivity contribution is -0.138. The van der Waals surface area contributed by atoms with Crippen LogP contribution >= 0.6 is 116 Å². The summed E-state index contributed by atoms with van der Waals surface area (Å²) in [6.45, 7) is 3.80. The third-order valence-electron chi connectivity index (χ3n) is 8.27. The highest BCUT2D eigenvalue weighted by molar-refractivity contribution is 14.0. The van der Waals surface area contributed by atoms with Crippen molar-refractivity contribution in [1.29, 1.82) is 0 Å². The average molecular weight is 1200 g/mol. The Kier molecular flexibility index (Phi) is 19.2. The zero-order chi connectivity index (χ0) is 46.7. The number of fused-ring (bicyclic) bond motifs is 2. The maximum Gasteiger partial charge on any atom is 0.349 e. The Morgan fingerprint density at radius 1 is 0.485 bits per heavy atom. The molecule has 0 saturated carbocycles. The molecule has 0 saturated heterocycles. The monoisotopic (exact) mass is 1200 g/mol. The first kappa shape index (κ1) is 55.0. The number of thioether (sulfide) groups is 4. The first-order valence-electron chi connectivity index (χ1n) is 17.5. The van der Waals surface area contributed by atoms with Gasteiger partial charge in [0.25, 0.3) is 28.2 Å². The number of esters is 4. The van der Waals surface area contributed by atoms with E-state index in [-0.39, 0.29) is 68.9 Å². The van der Waals surface area contributed by atoms with Crippen molar-refractivity contribution < 1.29 is 55.0 Å². The third kappa shape index (κ3) is 12.1. The van der Waals surface area contributed by atoms with Crippen LogP contribution in [0.4, 0.5) is 0 Å². The van der Waals surface area contributed by atoms with E-state index in [0.29, 0.717) is 32.1 Å². The lowest BCUT2D eigenvalue weighted by atomic mass is 10.2. The summed E-state index contributed by atoms with van der Waals surface area (Å²) < 4.78 is 74.0. The minimum absolute atomic E-state index is 0. The van der Waals surface area contributed by atoms with Gasteiger partial charge in [-0.3, -0.25) is 9.59 Å². The maximum absolute atomic E-state index is 12.9. The van der Waals surface area contributed by atoms with Crippen LogP contribution in [0.3, 0.4) is 0 Å². The number of hydrogen-bond donors (Lipinski definition) is 0. The second kappa shape index (κ2) is 23.1. The molecule has 4 aromatic heterocycles. The highest BCUT2D eigenvalue weighted by Gasteiger charge is 2.36. The Hall–Kier alpha value is -3.65. The molecule has 0 N–H and O–H groups in total. The molecule has 0 radical (unpaired) electrons. The molecule has 0 bridgehead atoms. The van der Waals surface area contributed by atoms with Gasteiger partial charge in [0.2, 0.25) is 0 Å². The van der Waals surface area contributed by atoms with Crippen LogP contribution < -0.4 is 8.11 Å². The second-order valence-corrected chi connectivity index (χ2v) is 25.3. The predicted octanol–water partition coefficient (Wildman–Crippen LogP) is 9.06. The van der Waals surface area contributed by atoms with Gasteiger partial charge < -0.3 is 18.9 Å². The van der Waals surface area contributed by atoms with Crippen molar-refractivity contribution in [1.82, 2.24) is 7.94 Å². The molecule has 352 valence electrons. The summed E-state index contributed by atoms with van der Waals surface area (Å²) in [7, 11) is -2.39. The molecule has 0 amide bonds. The summed E-state index contributed by atoms with van der Waals surface area (Å²) >= 11 is 8.59. The molecule has 66 heavy (non-hydrogen) atoms. The van der Waals surface area contributed by atoms with Crippen molar-refractivity contribution in [2.75, 3.05) is 28.4 Å². The van der Waals surface area contributed by atoms with Crippen molar-refractivity contribution in [2.45, 2.75) is 40.9 Å². The molecule has 6 aromatic rings. The molecule has 2 aliphatic rings. The fourth-order valence-electron chi connectivity index (χ4n) is 5.11. The zero-order valence-corrected chi connectivity index (χ0v) is 44.5. The number of methoxy groups -OCH3 is 4. The summed E-state index contributed by atoms with van der Waals surface area (Å²) in [5.74, 6) is -2.60. The molecule has 27 heteroatoms. The van der Waals surface area contributed by atoms with Gasteiger partial charge in [0, 0.05) is 34.6 Å². The molecule has 2 aliphatic heterocycles. The van der Waals surface area contributed by atoms with Crippen molar-refractivity contribution in [3.8, 4) is 0 Å². The van der Waals surface area contributed by atoms with Crippen LogP contribution in [0.5, 0.6) is 0 Å². The van der Waals surface area contributed by atoms with Gasteiger partial charge in [0.15, 0.2) is 0 Å². The van der Waals surface area contributed by atoms with Gasteiger partial charge in [-0.25, -0.2) is 44.0 Å². The largest absolute Gasteiger partial charge is 0.465 e. The Morgan fingerprint density at radius 3 is 1.15 bits per heavy atom. The van der Waals surface area contributed by atoms with Crippen molar-refractivity contribution in [2.24, 2.45) is 0 Å². The van der Waals surface area contributed by atoms with Crippen LogP contribution in [0.1, 0.15) is 37.9 Å². The first-order chi connectivity index (χ1) is 30.3. The maximum atomic E-state index is 12.9. The molecule has 0 spiro atoms. The third-order valence-corrected chi connectivity index (χ3v) is 21.3. The number of benzene rings is 2. The minimum Gasteiger partial charge on any atom is -0.465 e. The number of nitrogens with zero attached hydrogens (tertiary/aromatic N) is 2. The molecule has 0 aliphatic carbocycles. The van der Waals surface area contributed by atoms with Crippen LogP contribution in [0, 0.1) is 13.8 Å². The predicted molar refractivity (Wildman–Crippen MR) is 274 cm³/mol. The van der Waals surface area contributed by atoms with E-state index in [2.05, 4.69) is 9.47 Å². The smallest absolute Gasteiger partial charge is 0.349 e. The van der Waals surface area contributed by atoms with Gasteiger partial charge in [0.1, 0.15) is 19.6 Å². The Balaban J connectivity index is 0.000000233. The van der Waals surface area contributed by atoms with E-state index >= 15 is 0 Å². The summed E-state index contributed by atoms with van der Waals surface area (Å²) in [6, 6.07) is 13.4. The van der Waals surface area contributed by atoms with Crippen LogP contribution in [-0.2, 0) is 48.6 Å². The number of hydrogen-bond acceptors (Lipinski definition) is 22. The fourth-order valence-corrected chi connectivity index (χ4v) is 17.0. The standard InChI is InChI=1S/C19H15NO6S5.C12H9NO3S3.C7H6O5S2.CH4.HI/c1-10-4-6-11(7-5-10)31(23,24)20-8-12-13(9-20)28-18(27-12)19-29-14(16(21)25-2)15(30-19)17(22)26-3;1-8-2-4-9(5-3-8)19(15,16)13-6-10-11(7-13)18-12(14)17-10;1-11-5(8)3-4(6(9)12-2)14-7(10)13-3;;/h4-9H,1-3H3;2-7H,1H3;1-2H3;1H4;1H. The van der Waals surface area contributed by atoms with E-state index in [1.807, 2.05) is 13.8 Å². The lowest BCUT2D eigenvalue weighted by Crippen LogP contribution is -2.10. The number of rotatable bonds is 8. The Morgan fingerprint density at radius 2 is 0.803 bits per heavy atom. The summed E-state index contributed by atoms with van der Waals surface area (Å²) in [5.41, 5.74) is 1.99. The molecular formula is C39H35IN2O14S10. The molecule has 8 rings (SSSR count). The molecule has 0 atom stereocenters. The highest BCUT2D eigenvalue weighted by Crippen LogP contribution is 2.61. The summed E-state index contributed by atoms with van der Waals surface area (Å²) in [6.07, 6.45) is 6.14.